The molecular formula is C23H17BrClNO. The summed E-state index contributed by atoms with van der Waals surface area (Å²) in [6.45, 7) is 2.48. The summed E-state index contributed by atoms with van der Waals surface area (Å²) in [7, 11) is 0. The van der Waals surface area contributed by atoms with E-state index in [-0.39, 0.29) is 0 Å². The lowest BCUT2D eigenvalue weighted by atomic mass is 10.0. The molecule has 0 fully saturated rings. The van der Waals surface area contributed by atoms with Gasteiger partial charge in [0.1, 0.15) is 12.4 Å². The van der Waals surface area contributed by atoms with Crippen LogP contribution >= 0.6 is 27.5 Å². The van der Waals surface area contributed by atoms with Gasteiger partial charge in [0.15, 0.2) is 0 Å². The highest BCUT2D eigenvalue weighted by Gasteiger charge is 2.05. The number of halogens is 2. The summed E-state index contributed by atoms with van der Waals surface area (Å²) in [5.74, 6) is 0.746. The van der Waals surface area contributed by atoms with Crippen molar-refractivity contribution in [1.29, 1.82) is 5.26 Å². The highest BCUT2D eigenvalue weighted by molar-refractivity contribution is 9.10. The van der Waals surface area contributed by atoms with Gasteiger partial charge in [-0.3, -0.25) is 0 Å². The van der Waals surface area contributed by atoms with E-state index in [0.717, 1.165) is 26.9 Å². The molecule has 27 heavy (non-hydrogen) atoms. The fourth-order valence-electron chi connectivity index (χ4n) is 2.55. The van der Waals surface area contributed by atoms with Gasteiger partial charge in [-0.1, -0.05) is 59.6 Å². The molecule has 2 nitrogen and oxygen atoms in total. The highest BCUT2D eigenvalue weighted by atomic mass is 79.9. The molecule has 0 heterocycles. The number of hydrogen-bond acceptors (Lipinski definition) is 2. The van der Waals surface area contributed by atoms with Crippen LogP contribution in [0.3, 0.4) is 0 Å². The molecule has 0 N–H and O–H groups in total. The first-order chi connectivity index (χ1) is 13.0. The van der Waals surface area contributed by atoms with Crippen molar-refractivity contribution in [2.24, 2.45) is 0 Å². The number of nitrogens with zero attached hydrogens (tertiary/aromatic N) is 1. The van der Waals surface area contributed by atoms with Gasteiger partial charge in [0, 0.05) is 5.02 Å². The second kappa shape index (κ2) is 8.90. The molecule has 0 saturated heterocycles. The fraction of sp³-hybridized carbons (Fsp3) is 0.0870. The zero-order chi connectivity index (χ0) is 19.2. The van der Waals surface area contributed by atoms with E-state index in [4.69, 9.17) is 16.3 Å². The molecule has 0 aromatic heterocycles. The van der Waals surface area contributed by atoms with E-state index in [1.807, 2.05) is 79.7 Å². The van der Waals surface area contributed by atoms with E-state index in [9.17, 15) is 5.26 Å². The van der Waals surface area contributed by atoms with Crippen molar-refractivity contribution in [1.82, 2.24) is 0 Å². The van der Waals surface area contributed by atoms with Crippen molar-refractivity contribution in [2.45, 2.75) is 13.5 Å². The van der Waals surface area contributed by atoms with Crippen LogP contribution in [0.4, 0.5) is 0 Å². The van der Waals surface area contributed by atoms with Gasteiger partial charge in [-0.15, -0.1) is 0 Å². The standard InChI is InChI=1S/C23H17BrClNO/c1-16-2-7-19(8-3-16)20(14-26)12-18-6-11-23(22(24)13-18)27-15-17-4-9-21(25)10-5-17/h2-13H,15H2,1H3/b20-12+. The topological polar surface area (TPSA) is 33.0 Å². The molecule has 0 aliphatic carbocycles. The summed E-state index contributed by atoms with van der Waals surface area (Å²) in [6, 6.07) is 23.6. The molecule has 3 aromatic carbocycles. The van der Waals surface area contributed by atoms with Gasteiger partial charge in [-0.25, -0.2) is 0 Å². The second-order valence-corrected chi connectivity index (χ2v) is 7.43. The van der Waals surface area contributed by atoms with Crippen molar-refractivity contribution in [3.05, 3.63) is 98.5 Å². The fourth-order valence-corrected chi connectivity index (χ4v) is 3.18. The minimum atomic E-state index is 0.456. The van der Waals surface area contributed by atoms with Crippen molar-refractivity contribution >= 4 is 39.2 Å². The summed E-state index contributed by atoms with van der Waals surface area (Å²) in [5.41, 5.74) is 4.67. The van der Waals surface area contributed by atoms with Crippen molar-refractivity contribution < 1.29 is 4.74 Å². The number of rotatable bonds is 5. The molecule has 0 atom stereocenters. The van der Waals surface area contributed by atoms with Gasteiger partial charge in [-0.05, 0) is 69.9 Å². The largest absolute Gasteiger partial charge is 0.488 e. The van der Waals surface area contributed by atoms with Gasteiger partial charge >= 0.3 is 0 Å². The Morgan fingerprint density at radius 3 is 2.41 bits per heavy atom. The summed E-state index contributed by atoms with van der Waals surface area (Å²) in [5, 5.41) is 10.2. The van der Waals surface area contributed by atoms with Crippen LogP contribution < -0.4 is 4.74 Å². The first kappa shape index (κ1) is 19.2. The van der Waals surface area contributed by atoms with Crippen molar-refractivity contribution in [3.63, 3.8) is 0 Å². The number of ether oxygens (including phenoxy) is 1. The van der Waals surface area contributed by atoms with Crippen LogP contribution in [0.15, 0.2) is 71.2 Å². The van der Waals surface area contributed by atoms with Crippen LogP contribution in [0.5, 0.6) is 5.75 Å². The van der Waals surface area contributed by atoms with E-state index >= 15 is 0 Å². The average Bonchev–Trinajstić information content (AvgIpc) is 2.67. The first-order valence-corrected chi connectivity index (χ1v) is 9.58. The summed E-state index contributed by atoms with van der Waals surface area (Å²) < 4.78 is 6.71. The summed E-state index contributed by atoms with van der Waals surface area (Å²) in [4.78, 5) is 0. The molecule has 3 rings (SSSR count). The molecule has 0 radical (unpaired) electrons. The Bertz CT molecular complexity index is 1000. The maximum Gasteiger partial charge on any atom is 0.134 e. The third kappa shape index (κ3) is 5.23. The lowest BCUT2D eigenvalue weighted by Gasteiger charge is -2.09. The molecule has 0 unspecified atom stereocenters. The van der Waals surface area contributed by atoms with Crippen LogP contribution in [0.25, 0.3) is 11.6 Å². The first-order valence-electron chi connectivity index (χ1n) is 8.41. The molecule has 134 valence electrons. The van der Waals surface area contributed by atoms with Crippen molar-refractivity contribution in [2.75, 3.05) is 0 Å². The van der Waals surface area contributed by atoms with E-state index in [2.05, 4.69) is 22.0 Å². The molecule has 0 spiro atoms. The van der Waals surface area contributed by atoms with Crippen molar-refractivity contribution in [3.8, 4) is 11.8 Å². The molecule has 0 aliphatic heterocycles. The summed E-state index contributed by atoms with van der Waals surface area (Å²) in [6.07, 6.45) is 1.87. The van der Waals surface area contributed by atoms with E-state index < -0.39 is 0 Å². The SMILES string of the molecule is Cc1ccc(/C(C#N)=C/c2ccc(OCc3ccc(Cl)cc3)c(Br)c2)cc1. The predicted octanol–water partition coefficient (Wildman–Crippen LogP) is 7.05. The van der Waals surface area contributed by atoms with E-state index in [1.165, 1.54) is 5.56 Å². The Labute approximate surface area is 172 Å². The maximum absolute atomic E-state index is 9.50. The Balaban J connectivity index is 1.76. The molecule has 0 aliphatic rings. The number of hydrogen-bond donors (Lipinski definition) is 0. The minimum Gasteiger partial charge on any atom is -0.488 e. The van der Waals surface area contributed by atoms with Gasteiger partial charge in [0.2, 0.25) is 0 Å². The zero-order valence-electron chi connectivity index (χ0n) is 14.7. The number of benzene rings is 3. The molecular weight excluding hydrogens is 422 g/mol. The minimum absolute atomic E-state index is 0.456. The lowest BCUT2D eigenvalue weighted by Crippen LogP contribution is -1.96. The third-order valence-electron chi connectivity index (χ3n) is 4.06. The average molecular weight is 439 g/mol. The predicted molar refractivity (Wildman–Crippen MR) is 115 cm³/mol. The Morgan fingerprint density at radius 1 is 1.07 bits per heavy atom. The monoisotopic (exact) mass is 437 g/mol. The second-order valence-electron chi connectivity index (χ2n) is 6.14. The van der Waals surface area contributed by atoms with Gasteiger partial charge in [0.05, 0.1) is 16.1 Å². The van der Waals surface area contributed by atoms with Crippen LogP contribution in [0.2, 0.25) is 5.02 Å². The smallest absolute Gasteiger partial charge is 0.134 e. The van der Waals surface area contributed by atoms with Crippen LogP contribution in [-0.4, -0.2) is 0 Å². The highest BCUT2D eigenvalue weighted by Crippen LogP contribution is 2.29. The molecule has 0 bridgehead atoms. The Morgan fingerprint density at radius 2 is 1.78 bits per heavy atom. The number of aryl methyl sites for hydroxylation is 1. The van der Waals surface area contributed by atoms with E-state index in [1.54, 1.807) is 0 Å². The number of nitriles is 1. The van der Waals surface area contributed by atoms with E-state index in [0.29, 0.717) is 17.2 Å². The normalized spacial score (nSPS) is 11.1. The van der Waals surface area contributed by atoms with Crippen LogP contribution in [0.1, 0.15) is 22.3 Å². The number of allylic oxidation sites excluding steroid dienone is 1. The zero-order valence-corrected chi connectivity index (χ0v) is 17.1. The van der Waals surface area contributed by atoms with Crippen LogP contribution in [0, 0.1) is 18.3 Å². The summed E-state index contributed by atoms with van der Waals surface area (Å²) >= 11 is 9.45. The Hall–Kier alpha value is -2.54. The third-order valence-corrected chi connectivity index (χ3v) is 4.93. The Kier molecular flexibility index (Phi) is 6.34. The maximum atomic E-state index is 9.50. The van der Waals surface area contributed by atoms with Crippen LogP contribution in [-0.2, 0) is 6.61 Å². The van der Waals surface area contributed by atoms with Gasteiger partial charge in [0.25, 0.3) is 0 Å². The van der Waals surface area contributed by atoms with Gasteiger partial charge in [-0.2, -0.15) is 5.26 Å². The lowest BCUT2D eigenvalue weighted by molar-refractivity contribution is 0.304. The quantitative estimate of drug-likeness (QED) is 0.316. The molecule has 4 heteroatoms. The van der Waals surface area contributed by atoms with Gasteiger partial charge < -0.3 is 4.74 Å². The molecule has 3 aromatic rings. The molecule has 0 saturated carbocycles. The molecule has 0 amide bonds.